The van der Waals surface area contributed by atoms with Crippen LogP contribution in [0.15, 0.2) is 0 Å². The Bertz CT molecular complexity index is 874. The minimum absolute atomic E-state index is 0.775. The van der Waals surface area contributed by atoms with Gasteiger partial charge in [-0.1, -0.05) is 0 Å². The highest BCUT2D eigenvalue weighted by Gasteiger charge is 2.59. The summed E-state index contributed by atoms with van der Waals surface area (Å²) in [4.78, 5) is 0. The summed E-state index contributed by atoms with van der Waals surface area (Å²) >= 11 is 0. The second-order valence-corrected chi connectivity index (χ2v) is 9.95. The van der Waals surface area contributed by atoms with E-state index in [2.05, 4.69) is 4.18 Å². The van der Waals surface area contributed by atoms with Crippen LogP contribution in [0.1, 0.15) is 0 Å². The Morgan fingerprint density at radius 2 is 1.29 bits per heavy atom. The number of rotatable bonds is 10. The normalized spacial score (nSPS) is 48.3. The summed E-state index contributed by atoms with van der Waals surface area (Å²) < 4.78 is 62.5. The first-order valence-electron chi connectivity index (χ1n) is 11.2. The van der Waals surface area contributed by atoms with Crippen molar-refractivity contribution >= 4 is 10.4 Å². The topological polar surface area (TPSA) is 312 Å². The van der Waals surface area contributed by atoms with E-state index in [1.807, 2.05) is 0 Å². The summed E-state index contributed by atoms with van der Waals surface area (Å²) in [6.07, 6.45) is -24.2. The lowest BCUT2D eigenvalue weighted by molar-refractivity contribution is -0.385. The molecular formula is C18H32O19S. The zero-order valence-electron chi connectivity index (χ0n) is 19.4. The predicted octanol–water partition coefficient (Wildman–Crippen LogP) is -7.74. The van der Waals surface area contributed by atoms with E-state index in [-0.39, 0.29) is 0 Å². The minimum atomic E-state index is -5.33. The lowest BCUT2D eigenvalue weighted by atomic mass is 9.98. The summed E-state index contributed by atoms with van der Waals surface area (Å²) in [6, 6.07) is 0. The molecule has 3 heterocycles. The Kier molecular flexibility index (Phi) is 10.4. The second-order valence-electron chi connectivity index (χ2n) is 8.91. The molecule has 0 aromatic rings. The highest BCUT2D eigenvalue weighted by Crippen LogP contribution is 2.37. The van der Waals surface area contributed by atoms with E-state index < -0.39 is 122 Å². The Hall–Kier alpha value is -0.730. The number of ether oxygens (including phenoxy) is 5. The fourth-order valence-corrected chi connectivity index (χ4v) is 4.73. The van der Waals surface area contributed by atoms with Crippen LogP contribution in [0.2, 0.25) is 0 Å². The van der Waals surface area contributed by atoms with Gasteiger partial charge in [-0.3, -0.25) is 4.55 Å². The maximum Gasteiger partial charge on any atom is 0.397 e. The van der Waals surface area contributed by atoms with Gasteiger partial charge in [-0.25, -0.2) is 4.18 Å². The number of aliphatic hydroxyl groups is 10. The Labute approximate surface area is 214 Å². The molecule has 3 fully saturated rings. The molecular weight excluding hydrogens is 552 g/mol. The predicted molar refractivity (Wildman–Crippen MR) is 112 cm³/mol. The SMILES string of the molecule is O=S(=O)(O)O[C@H]1[C@@H](O[C@]2(CO)O[C@H](CO)[C@@H](O)[C@@H]2O)O[C@H](CO[C@H]2O[C@H](CO)[C@H](O)[C@H](O)[C@H]2O)[C@@H](O)[C@@H]1O. The van der Waals surface area contributed by atoms with Crippen LogP contribution < -0.4 is 0 Å². The maximum absolute atomic E-state index is 11.4. The van der Waals surface area contributed by atoms with E-state index in [9.17, 15) is 59.5 Å². The quantitative estimate of drug-likeness (QED) is 0.106. The number of aliphatic hydroxyl groups excluding tert-OH is 10. The second kappa shape index (κ2) is 12.4. The van der Waals surface area contributed by atoms with Crippen LogP contribution in [0.5, 0.6) is 0 Å². The molecule has 3 rings (SSSR count). The smallest absolute Gasteiger partial charge is 0.394 e. The van der Waals surface area contributed by atoms with Gasteiger partial charge in [0.15, 0.2) is 18.7 Å². The molecule has 3 saturated heterocycles. The Morgan fingerprint density at radius 1 is 0.711 bits per heavy atom. The van der Waals surface area contributed by atoms with Crippen molar-refractivity contribution in [3.8, 4) is 0 Å². The Morgan fingerprint density at radius 3 is 1.82 bits per heavy atom. The Balaban J connectivity index is 1.81. The molecule has 11 N–H and O–H groups in total. The molecule has 0 saturated carbocycles. The fraction of sp³-hybridized carbons (Fsp3) is 1.00. The third kappa shape index (κ3) is 6.43. The van der Waals surface area contributed by atoms with Gasteiger partial charge in [0.25, 0.3) is 0 Å². The zero-order valence-corrected chi connectivity index (χ0v) is 20.2. The first-order chi connectivity index (χ1) is 17.7. The van der Waals surface area contributed by atoms with Crippen LogP contribution >= 0.6 is 0 Å². The van der Waals surface area contributed by atoms with Crippen molar-refractivity contribution in [3.05, 3.63) is 0 Å². The highest BCUT2D eigenvalue weighted by atomic mass is 32.3. The molecule has 0 aliphatic carbocycles. The lowest BCUT2D eigenvalue weighted by Gasteiger charge is -2.45. The zero-order chi connectivity index (χ0) is 28.6. The van der Waals surface area contributed by atoms with Gasteiger partial charge in [0.2, 0.25) is 5.79 Å². The van der Waals surface area contributed by atoms with Crippen molar-refractivity contribution in [2.24, 2.45) is 0 Å². The average molecular weight is 585 g/mol. The third-order valence-electron chi connectivity index (χ3n) is 6.37. The molecule has 20 heteroatoms. The van der Waals surface area contributed by atoms with Crippen molar-refractivity contribution in [1.82, 2.24) is 0 Å². The van der Waals surface area contributed by atoms with Crippen molar-refractivity contribution in [2.45, 2.75) is 85.5 Å². The van der Waals surface area contributed by atoms with Crippen LogP contribution in [-0.2, 0) is 38.3 Å². The summed E-state index contributed by atoms with van der Waals surface area (Å²) in [5.74, 6) is -2.58. The number of hydrogen-bond donors (Lipinski definition) is 11. The summed E-state index contributed by atoms with van der Waals surface area (Å²) in [7, 11) is -5.33. The van der Waals surface area contributed by atoms with Crippen molar-refractivity contribution < 1.29 is 91.9 Å². The minimum Gasteiger partial charge on any atom is -0.394 e. The molecule has 0 spiro atoms. The summed E-state index contributed by atoms with van der Waals surface area (Å²) in [5, 5.41) is 99.7. The molecule has 3 aliphatic rings. The van der Waals surface area contributed by atoms with E-state index in [1.54, 1.807) is 0 Å². The van der Waals surface area contributed by atoms with Gasteiger partial charge in [-0.15, -0.1) is 0 Å². The average Bonchev–Trinajstić information content (AvgIpc) is 3.11. The van der Waals surface area contributed by atoms with E-state index in [1.165, 1.54) is 0 Å². The first-order valence-corrected chi connectivity index (χ1v) is 12.6. The fourth-order valence-electron chi connectivity index (χ4n) is 4.24. The van der Waals surface area contributed by atoms with E-state index in [0.29, 0.717) is 0 Å². The molecule has 0 radical (unpaired) electrons. The van der Waals surface area contributed by atoms with Gasteiger partial charge in [-0.2, -0.15) is 8.42 Å². The van der Waals surface area contributed by atoms with E-state index in [4.69, 9.17) is 28.2 Å². The third-order valence-corrected chi connectivity index (χ3v) is 6.84. The van der Waals surface area contributed by atoms with E-state index >= 15 is 0 Å². The van der Waals surface area contributed by atoms with Gasteiger partial charge in [-0.05, 0) is 0 Å². The van der Waals surface area contributed by atoms with Crippen LogP contribution in [0.4, 0.5) is 0 Å². The van der Waals surface area contributed by atoms with Crippen molar-refractivity contribution in [2.75, 3.05) is 26.4 Å². The molecule has 224 valence electrons. The molecule has 0 aromatic carbocycles. The molecule has 19 nitrogen and oxygen atoms in total. The monoisotopic (exact) mass is 584 g/mol. The van der Waals surface area contributed by atoms with Gasteiger partial charge in [0, 0.05) is 0 Å². The van der Waals surface area contributed by atoms with Crippen molar-refractivity contribution in [1.29, 1.82) is 0 Å². The molecule has 0 amide bonds. The molecule has 3 aliphatic heterocycles. The first kappa shape index (κ1) is 31.8. The van der Waals surface area contributed by atoms with Gasteiger partial charge < -0.3 is 74.7 Å². The highest BCUT2D eigenvalue weighted by molar-refractivity contribution is 7.80. The molecule has 14 atom stereocenters. The standard InChI is InChI=1S/C18H32O19S/c19-1-5-8(22)11(25)13(27)16(33-5)32-3-7-9(23)12(26)14(37-38(29,30)31)17(34-7)36-18(4-21)15(28)10(24)6(2-20)35-18/h5-17,19-28H,1-4H2,(H,29,30,31)/t5-,6-,7-,8+,9-,10-,11+,12+,13-,14-,15+,16+,17-,18+/m1/s1. The maximum atomic E-state index is 11.4. The summed E-state index contributed by atoms with van der Waals surface area (Å²) in [5.41, 5.74) is 0. The molecule has 0 bridgehead atoms. The molecule has 0 unspecified atom stereocenters. The number of hydrogen-bond acceptors (Lipinski definition) is 18. The van der Waals surface area contributed by atoms with Gasteiger partial charge >= 0.3 is 10.4 Å². The van der Waals surface area contributed by atoms with Crippen molar-refractivity contribution in [3.63, 3.8) is 0 Å². The van der Waals surface area contributed by atoms with E-state index in [0.717, 1.165) is 0 Å². The van der Waals surface area contributed by atoms with Crippen LogP contribution in [0, 0.1) is 0 Å². The van der Waals surface area contributed by atoms with Gasteiger partial charge in [0.05, 0.1) is 19.8 Å². The van der Waals surface area contributed by atoms with Crippen LogP contribution in [-0.4, -0.2) is 176 Å². The summed E-state index contributed by atoms with van der Waals surface area (Å²) in [6.45, 7) is -3.64. The van der Waals surface area contributed by atoms with Gasteiger partial charge in [0.1, 0.15) is 67.6 Å². The van der Waals surface area contributed by atoms with Crippen LogP contribution in [0.25, 0.3) is 0 Å². The largest absolute Gasteiger partial charge is 0.397 e. The van der Waals surface area contributed by atoms with Crippen LogP contribution in [0.3, 0.4) is 0 Å². The lowest BCUT2D eigenvalue weighted by Crippen LogP contribution is -2.64. The molecule has 38 heavy (non-hydrogen) atoms. The molecule has 0 aromatic heterocycles.